The summed E-state index contributed by atoms with van der Waals surface area (Å²) in [5.41, 5.74) is 11.0. The Kier molecular flexibility index (Phi) is 7.64. The van der Waals surface area contributed by atoms with E-state index in [9.17, 15) is 0 Å². The van der Waals surface area contributed by atoms with Gasteiger partial charge in [0.1, 0.15) is 16.9 Å². The molecule has 0 unspecified atom stereocenters. The summed E-state index contributed by atoms with van der Waals surface area (Å²) in [5.74, 6) is 1.48. The van der Waals surface area contributed by atoms with Crippen molar-refractivity contribution in [1.82, 2.24) is 4.98 Å². The zero-order chi connectivity index (χ0) is 37.0. The van der Waals surface area contributed by atoms with Crippen LogP contribution in [0.25, 0.3) is 87.3 Å². The molecule has 0 bridgehead atoms. The second kappa shape index (κ2) is 13.3. The normalized spacial score (nSPS) is 11.6. The number of hydrogen-bond donors (Lipinski definition) is 0. The highest BCUT2D eigenvalue weighted by Gasteiger charge is 2.16. The monoisotopic (exact) mass is 736 g/mol. The summed E-state index contributed by atoms with van der Waals surface area (Å²) in [5, 5.41) is 4.73. The second-order valence-electron chi connectivity index (χ2n) is 14.0. The molecule has 0 aliphatic carbocycles. The third-order valence-corrected chi connectivity index (χ3v) is 11.7. The lowest BCUT2D eigenvalue weighted by Crippen LogP contribution is -2.09. The first kappa shape index (κ1) is 32.2. The van der Waals surface area contributed by atoms with Gasteiger partial charge < -0.3 is 13.7 Å². The van der Waals surface area contributed by atoms with Gasteiger partial charge in [-0.25, -0.2) is 4.98 Å². The summed E-state index contributed by atoms with van der Waals surface area (Å²) in [6, 6.07) is 68.2. The number of oxazole rings is 1. The summed E-state index contributed by atoms with van der Waals surface area (Å²) in [4.78, 5) is 8.39. The van der Waals surface area contributed by atoms with Gasteiger partial charge in [-0.1, -0.05) is 97.1 Å². The van der Waals surface area contributed by atoms with Crippen molar-refractivity contribution >= 4 is 71.3 Å². The summed E-state index contributed by atoms with van der Waals surface area (Å²) in [6.45, 7) is 0. The van der Waals surface area contributed by atoms with Crippen LogP contribution in [0.1, 0.15) is 0 Å². The van der Waals surface area contributed by atoms with E-state index in [-0.39, 0.29) is 0 Å². The molecule has 0 radical (unpaired) electrons. The van der Waals surface area contributed by atoms with E-state index in [2.05, 4.69) is 175 Å². The second-order valence-corrected chi connectivity index (χ2v) is 15.1. The van der Waals surface area contributed by atoms with Gasteiger partial charge in [0, 0.05) is 43.2 Å². The minimum absolute atomic E-state index is 0.624. The Morgan fingerprint density at radius 2 is 1.00 bits per heavy atom. The summed E-state index contributed by atoms with van der Waals surface area (Å²) < 4.78 is 13.8. The molecule has 0 fully saturated rings. The van der Waals surface area contributed by atoms with Crippen LogP contribution in [-0.2, 0) is 0 Å². The van der Waals surface area contributed by atoms with Crippen LogP contribution in [0, 0.1) is 0 Å². The third kappa shape index (κ3) is 5.82. The van der Waals surface area contributed by atoms with Gasteiger partial charge in [0.15, 0.2) is 5.58 Å². The van der Waals surface area contributed by atoms with Gasteiger partial charge >= 0.3 is 0 Å². The molecular weight excluding hydrogens is 705 g/mol. The molecule has 3 heterocycles. The number of benzene rings is 8. The Bertz CT molecular complexity index is 3010. The molecule has 4 nitrogen and oxygen atoms in total. The van der Waals surface area contributed by atoms with E-state index in [1.807, 2.05) is 35.6 Å². The van der Waals surface area contributed by atoms with Crippen molar-refractivity contribution in [3.8, 4) is 44.3 Å². The molecule has 5 heteroatoms. The molecular formula is C51H32N2O2S. The molecule has 0 N–H and O–H groups in total. The van der Waals surface area contributed by atoms with Crippen LogP contribution in [0.5, 0.6) is 0 Å². The SMILES string of the molecule is c1ccc2cc(-c3nc4ccc(-c5ccc(N(c6ccc(-c7cc8ccccc8o7)cc6)c6ccc(-c7cc8ccccc8s7)cc6)cc5)cc4o3)ccc2c1. The van der Waals surface area contributed by atoms with E-state index >= 15 is 0 Å². The number of para-hydroxylation sites is 1. The molecule has 11 aromatic rings. The first-order chi connectivity index (χ1) is 27.7. The molecule has 56 heavy (non-hydrogen) atoms. The highest BCUT2D eigenvalue weighted by Crippen LogP contribution is 2.40. The van der Waals surface area contributed by atoms with Gasteiger partial charge in [-0.05, 0) is 130 Å². The van der Waals surface area contributed by atoms with E-state index in [0.717, 1.165) is 72.5 Å². The van der Waals surface area contributed by atoms with Gasteiger partial charge in [-0.15, -0.1) is 11.3 Å². The summed E-state index contributed by atoms with van der Waals surface area (Å²) in [6.07, 6.45) is 0. The topological polar surface area (TPSA) is 42.4 Å². The maximum atomic E-state index is 6.33. The fourth-order valence-electron chi connectivity index (χ4n) is 7.60. The van der Waals surface area contributed by atoms with Crippen molar-refractivity contribution in [1.29, 1.82) is 0 Å². The number of rotatable bonds is 7. The average molecular weight is 737 g/mol. The van der Waals surface area contributed by atoms with Crippen molar-refractivity contribution in [3.63, 3.8) is 0 Å². The van der Waals surface area contributed by atoms with Crippen molar-refractivity contribution in [2.24, 2.45) is 0 Å². The van der Waals surface area contributed by atoms with E-state index in [1.54, 1.807) is 0 Å². The zero-order valence-electron chi connectivity index (χ0n) is 30.1. The minimum Gasteiger partial charge on any atom is -0.456 e. The molecule has 0 amide bonds. The fraction of sp³-hybridized carbons (Fsp3) is 0. The molecule has 0 saturated carbocycles. The van der Waals surface area contributed by atoms with Crippen LogP contribution in [0.15, 0.2) is 203 Å². The van der Waals surface area contributed by atoms with Gasteiger partial charge in [-0.2, -0.15) is 0 Å². The Morgan fingerprint density at radius 3 is 1.73 bits per heavy atom. The van der Waals surface area contributed by atoms with Gasteiger partial charge in [0.25, 0.3) is 0 Å². The van der Waals surface area contributed by atoms with E-state index in [4.69, 9.17) is 13.8 Å². The highest BCUT2D eigenvalue weighted by molar-refractivity contribution is 7.22. The molecule has 11 rings (SSSR count). The first-order valence-electron chi connectivity index (χ1n) is 18.7. The number of aromatic nitrogens is 1. The lowest BCUT2D eigenvalue weighted by atomic mass is 10.0. The number of fused-ring (bicyclic) bond motifs is 4. The number of anilines is 3. The summed E-state index contributed by atoms with van der Waals surface area (Å²) >= 11 is 1.83. The number of furan rings is 1. The van der Waals surface area contributed by atoms with E-state index in [0.29, 0.717) is 5.89 Å². The maximum Gasteiger partial charge on any atom is 0.227 e. The van der Waals surface area contributed by atoms with Crippen molar-refractivity contribution in [2.45, 2.75) is 0 Å². The van der Waals surface area contributed by atoms with E-state index < -0.39 is 0 Å². The highest BCUT2D eigenvalue weighted by atomic mass is 32.1. The van der Waals surface area contributed by atoms with Crippen LogP contribution in [0.4, 0.5) is 17.1 Å². The molecule has 0 spiro atoms. The van der Waals surface area contributed by atoms with Crippen LogP contribution in [0.3, 0.4) is 0 Å². The van der Waals surface area contributed by atoms with Crippen molar-refractivity contribution in [3.05, 3.63) is 194 Å². The third-order valence-electron chi connectivity index (χ3n) is 10.5. The molecule has 3 aromatic heterocycles. The van der Waals surface area contributed by atoms with Gasteiger partial charge in [-0.3, -0.25) is 0 Å². The lowest BCUT2D eigenvalue weighted by Gasteiger charge is -2.26. The Hall–Kier alpha value is -7.21. The number of thiophene rings is 1. The average Bonchev–Trinajstić information content (AvgIpc) is 4.01. The van der Waals surface area contributed by atoms with Crippen LogP contribution in [0.2, 0.25) is 0 Å². The minimum atomic E-state index is 0.624. The number of nitrogens with zero attached hydrogens (tertiary/aromatic N) is 2. The molecule has 0 aliphatic rings. The Labute approximate surface area is 327 Å². The van der Waals surface area contributed by atoms with Crippen LogP contribution < -0.4 is 4.90 Å². The largest absolute Gasteiger partial charge is 0.456 e. The maximum absolute atomic E-state index is 6.33. The predicted molar refractivity (Wildman–Crippen MR) is 233 cm³/mol. The molecule has 0 atom stereocenters. The zero-order valence-corrected chi connectivity index (χ0v) is 30.9. The van der Waals surface area contributed by atoms with Crippen LogP contribution in [-0.4, -0.2) is 4.98 Å². The molecule has 8 aromatic carbocycles. The Balaban J connectivity index is 0.931. The Morgan fingerprint density at radius 1 is 0.393 bits per heavy atom. The lowest BCUT2D eigenvalue weighted by molar-refractivity contribution is 0.620. The molecule has 0 aliphatic heterocycles. The predicted octanol–water partition coefficient (Wildman–Crippen LogP) is 15.1. The van der Waals surface area contributed by atoms with Crippen molar-refractivity contribution < 1.29 is 8.83 Å². The van der Waals surface area contributed by atoms with Crippen molar-refractivity contribution in [2.75, 3.05) is 4.90 Å². The molecule has 264 valence electrons. The fourth-order valence-corrected chi connectivity index (χ4v) is 8.67. The smallest absolute Gasteiger partial charge is 0.227 e. The standard InChI is InChI=1S/C51H32N2O2S/c1-2-8-37-29-41(14-13-33(37)7-1)51-52-45-28-21-38(30-48(45)55-51)34-15-22-42(23-16-34)53(43-24-17-35(18-25-43)47-31-39-9-3-5-11-46(39)54-47)44-26-19-36(20-27-44)50-32-40-10-4-6-12-49(40)56-50/h1-32H. The van der Waals surface area contributed by atoms with E-state index in [1.165, 1.54) is 25.9 Å². The van der Waals surface area contributed by atoms with Gasteiger partial charge in [0.2, 0.25) is 5.89 Å². The van der Waals surface area contributed by atoms with Crippen LogP contribution >= 0.6 is 11.3 Å². The quantitative estimate of drug-likeness (QED) is 0.163. The number of hydrogen-bond acceptors (Lipinski definition) is 5. The summed E-state index contributed by atoms with van der Waals surface area (Å²) in [7, 11) is 0. The first-order valence-corrected chi connectivity index (χ1v) is 19.5. The molecule has 0 saturated heterocycles. The van der Waals surface area contributed by atoms with Gasteiger partial charge in [0.05, 0.1) is 0 Å².